The Kier molecular flexibility index (Phi) is 9.52. The van der Waals surface area contributed by atoms with Gasteiger partial charge in [-0.2, -0.15) is 18.3 Å². The van der Waals surface area contributed by atoms with Gasteiger partial charge in [0.15, 0.2) is 5.75 Å². The lowest BCUT2D eigenvalue weighted by atomic mass is 10.1. The molecule has 2 aliphatic heterocycles. The van der Waals surface area contributed by atoms with Crippen LogP contribution in [0.2, 0.25) is 25.7 Å². The molecule has 0 bridgehead atoms. The van der Waals surface area contributed by atoms with Crippen LogP contribution in [0.4, 0.5) is 19.1 Å². The summed E-state index contributed by atoms with van der Waals surface area (Å²) in [6, 6.07) is 0.955. The van der Waals surface area contributed by atoms with Gasteiger partial charge in [0.25, 0.3) is 5.56 Å². The molecule has 0 aliphatic carbocycles. The zero-order valence-corrected chi connectivity index (χ0v) is 25.1. The molecule has 4 heterocycles. The predicted octanol–water partition coefficient (Wildman–Crippen LogP) is 3.32. The van der Waals surface area contributed by atoms with Crippen LogP contribution >= 0.6 is 15.9 Å². The Morgan fingerprint density at radius 1 is 1.18 bits per heavy atom. The lowest BCUT2D eigenvalue weighted by Crippen LogP contribution is -2.50. The molecule has 2 aromatic heterocycles. The first-order valence-electron chi connectivity index (χ1n) is 12.9. The molecule has 16 heteroatoms. The number of hydrogen-bond donors (Lipinski definition) is 0. The SMILES string of the molecule is C[Si](C)(C)CCOCn1nc2c(c(Br)c1=O)OCCC2OCC(=O)N1CCN(c2ncc(C(F)(F)F)cn2)CC1. The summed E-state index contributed by atoms with van der Waals surface area (Å²) < 4.78 is 57.1. The standard InChI is InChI=1S/C24H32BrF3N6O5Si/c1-40(2,3)11-10-37-15-34-22(36)19(25)21-20(31-34)17(4-9-38-21)39-14-18(35)32-5-7-33(8-6-32)23-29-12-16(13-30-23)24(26,27)28/h12-13,17H,4-11,14-15H2,1-3H3. The van der Waals surface area contributed by atoms with E-state index in [9.17, 15) is 22.8 Å². The minimum absolute atomic E-state index is 0.00618. The van der Waals surface area contributed by atoms with Gasteiger partial charge < -0.3 is 24.0 Å². The minimum Gasteiger partial charge on any atom is -0.490 e. The minimum atomic E-state index is -4.50. The fourth-order valence-corrected chi connectivity index (χ4v) is 5.40. The lowest BCUT2D eigenvalue weighted by Gasteiger charge is -2.35. The van der Waals surface area contributed by atoms with Crippen LogP contribution in [-0.2, 0) is 27.2 Å². The summed E-state index contributed by atoms with van der Waals surface area (Å²) >= 11 is 3.32. The Morgan fingerprint density at radius 3 is 2.48 bits per heavy atom. The second-order valence-electron chi connectivity index (χ2n) is 10.8. The van der Waals surface area contributed by atoms with Crippen LogP contribution in [-0.4, -0.2) is 84.6 Å². The van der Waals surface area contributed by atoms with Crippen LogP contribution in [0, 0.1) is 0 Å². The zero-order valence-electron chi connectivity index (χ0n) is 22.5. The largest absolute Gasteiger partial charge is 0.490 e. The highest BCUT2D eigenvalue weighted by Crippen LogP contribution is 2.36. The van der Waals surface area contributed by atoms with E-state index >= 15 is 0 Å². The lowest BCUT2D eigenvalue weighted by molar-refractivity contribution is -0.139. The molecule has 220 valence electrons. The molecular formula is C24H32BrF3N6O5Si. The van der Waals surface area contributed by atoms with Crippen molar-refractivity contribution in [2.45, 2.75) is 51.1 Å². The number of amides is 1. The van der Waals surface area contributed by atoms with E-state index in [0.717, 1.165) is 18.4 Å². The van der Waals surface area contributed by atoms with Gasteiger partial charge in [0.1, 0.15) is 29.6 Å². The second-order valence-corrected chi connectivity index (χ2v) is 17.2. The van der Waals surface area contributed by atoms with Crippen LogP contribution < -0.4 is 15.2 Å². The third kappa shape index (κ3) is 7.58. The van der Waals surface area contributed by atoms with Crippen LogP contribution in [0.3, 0.4) is 0 Å². The van der Waals surface area contributed by atoms with E-state index in [4.69, 9.17) is 14.2 Å². The molecule has 0 radical (unpaired) electrons. The molecule has 1 atom stereocenters. The molecule has 1 fully saturated rings. The molecule has 2 aliphatic rings. The van der Waals surface area contributed by atoms with Crippen molar-refractivity contribution < 1.29 is 32.2 Å². The second kappa shape index (κ2) is 12.5. The highest BCUT2D eigenvalue weighted by atomic mass is 79.9. The van der Waals surface area contributed by atoms with E-state index in [1.54, 1.807) is 9.80 Å². The number of carbonyl (C=O) groups excluding carboxylic acids is 1. The molecule has 1 unspecified atom stereocenters. The van der Waals surface area contributed by atoms with Gasteiger partial charge in [-0.1, -0.05) is 19.6 Å². The van der Waals surface area contributed by atoms with Gasteiger partial charge >= 0.3 is 6.18 Å². The normalized spacial score (nSPS) is 17.9. The molecule has 0 N–H and O–H groups in total. The van der Waals surface area contributed by atoms with Crippen molar-refractivity contribution in [2.24, 2.45) is 0 Å². The summed E-state index contributed by atoms with van der Waals surface area (Å²) in [6.07, 6.45) is -3.10. The number of alkyl halides is 3. The van der Waals surface area contributed by atoms with Gasteiger partial charge in [-0.3, -0.25) is 9.59 Å². The maximum Gasteiger partial charge on any atom is 0.419 e. The summed E-state index contributed by atoms with van der Waals surface area (Å²) in [5, 5.41) is 4.44. The number of fused-ring (bicyclic) bond motifs is 1. The van der Waals surface area contributed by atoms with Crippen molar-refractivity contribution in [3.05, 3.63) is 38.5 Å². The zero-order chi connectivity index (χ0) is 29.1. The number of piperazine rings is 1. The van der Waals surface area contributed by atoms with E-state index in [2.05, 4.69) is 50.6 Å². The number of aromatic nitrogens is 4. The quantitative estimate of drug-likeness (QED) is 0.299. The van der Waals surface area contributed by atoms with E-state index < -0.39 is 25.9 Å². The van der Waals surface area contributed by atoms with E-state index in [1.165, 1.54) is 4.68 Å². The molecule has 2 aromatic rings. The monoisotopic (exact) mass is 648 g/mol. The Bertz CT molecular complexity index is 1250. The molecule has 11 nitrogen and oxygen atoms in total. The summed E-state index contributed by atoms with van der Waals surface area (Å²) in [7, 11) is -1.28. The molecule has 1 amide bonds. The molecule has 1 saturated heterocycles. The van der Waals surface area contributed by atoms with Crippen LogP contribution in [0.25, 0.3) is 0 Å². The summed E-state index contributed by atoms with van der Waals surface area (Å²) in [5.41, 5.74) is -0.869. The fraction of sp³-hybridized carbons (Fsp3) is 0.625. The molecule has 0 spiro atoms. The molecule has 0 aromatic carbocycles. The number of rotatable bonds is 9. The number of anilines is 1. The van der Waals surface area contributed by atoms with E-state index in [-0.39, 0.29) is 35.2 Å². The Labute approximate surface area is 238 Å². The Balaban J connectivity index is 1.32. The highest BCUT2D eigenvalue weighted by molar-refractivity contribution is 9.10. The summed E-state index contributed by atoms with van der Waals surface area (Å²) in [4.78, 5) is 36.6. The maximum atomic E-state index is 12.9. The predicted molar refractivity (Wildman–Crippen MR) is 145 cm³/mol. The summed E-state index contributed by atoms with van der Waals surface area (Å²) in [6.45, 7) is 8.77. The fourth-order valence-electron chi connectivity index (χ4n) is 4.13. The van der Waals surface area contributed by atoms with Gasteiger partial charge in [0.05, 0.1) is 12.2 Å². The van der Waals surface area contributed by atoms with E-state index in [1.807, 2.05) is 0 Å². The van der Waals surface area contributed by atoms with Crippen molar-refractivity contribution in [3.63, 3.8) is 0 Å². The third-order valence-corrected chi connectivity index (χ3v) is 8.92. The highest BCUT2D eigenvalue weighted by Gasteiger charge is 2.33. The van der Waals surface area contributed by atoms with Crippen LogP contribution in [0.5, 0.6) is 5.75 Å². The average molecular weight is 650 g/mol. The van der Waals surface area contributed by atoms with Crippen LogP contribution in [0.15, 0.2) is 21.7 Å². The van der Waals surface area contributed by atoms with Gasteiger partial charge in [-0.15, -0.1) is 0 Å². The van der Waals surface area contributed by atoms with Crippen molar-refractivity contribution in [1.82, 2.24) is 24.6 Å². The molecule has 0 saturated carbocycles. The number of halogens is 4. The first kappa shape index (κ1) is 30.4. The third-order valence-electron chi connectivity index (χ3n) is 6.51. The number of carbonyl (C=O) groups is 1. The topological polar surface area (TPSA) is 112 Å². The van der Waals surface area contributed by atoms with Gasteiger partial charge in [0, 0.05) is 59.7 Å². The van der Waals surface area contributed by atoms with Gasteiger partial charge in [-0.05, 0) is 22.0 Å². The Morgan fingerprint density at radius 2 is 1.85 bits per heavy atom. The maximum absolute atomic E-state index is 12.9. The number of nitrogens with zero attached hydrogens (tertiary/aromatic N) is 6. The smallest absolute Gasteiger partial charge is 0.419 e. The van der Waals surface area contributed by atoms with E-state index in [0.29, 0.717) is 57.3 Å². The van der Waals surface area contributed by atoms with Crippen molar-refractivity contribution in [3.8, 4) is 5.75 Å². The van der Waals surface area contributed by atoms with Gasteiger partial charge in [-0.25, -0.2) is 14.6 Å². The van der Waals surface area contributed by atoms with Crippen molar-refractivity contribution in [2.75, 3.05) is 50.9 Å². The number of hydrogen-bond acceptors (Lipinski definition) is 9. The van der Waals surface area contributed by atoms with Crippen molar-refractivity contribution >= 4 is 35.9 Å². The first-order valence-corrected chi connectivity index (χ1v) is 17.4. The molecule has 40 heavy (non-hydrogen) atoms. The first-order chi connectivity index (χ1) is 18.8. The van der Waals surface area contributed by atoms with Gasteiger partial charge in [0.2, 0.25) is 11.9 Å². The Hall–Kier alpha value is -2.56. The van der Waals surface area contributed by atoms with Crippen molar-refractivity contribution in [1.29, 1.82) is 0 Å². The number of ether oxygens (including phenoxy) is 3. The molecule has 4 rings (SSSR count). The average Bonchev–Trinajstić information content (AvgIpc) is 2.91. The summed E-state index contributed by atoms with van der Waals surface area (Å²) in [5.74, 6) is 0.252. The molecular weight excluding hydrogens is 617 g/mol. The van der Waals surface area contributed by atoms with Crippen LogP contribution in [0.1, 0.15) is 23.8 Å².